The second-order valence-corrected chi connectivity index (χ2v) is 7.36. The third-order valence-corrected chi connectivity index (χ3v) is 5.16. The molecule has 0 saturated carbocycles. The van der Waals surface area contributed by atoms with Crippen LogP contribution < -0.4 is 4.90 Å². The minimum absolute atomic E-state index is 0.759. The average Bonchev–Trinajstić information content (AvgIpc) is 2.76. The van der Waals surface area contributed by atoms with Crippen molar-refractivity contribution in [3.63, 3.8) is 0 Å². The lowest BCUT2D eigenvalue weighted by Crippen LogP contribution is -2.09. The van der Waals surface area contributed by atoms with Gasteiger partial charge in [-0.1, -0.05) is 90.0 Å². The van der Waals surface area contributed by atoms with Crippen LogP contribution in [0.15, 0.2) is 103 Å². The first-order chi connectivity index (χ1) is 14.2. The predicted octanol–water partition coefficient (Wildman–Crippen LogP) is 8.29. The molecular weight excluding hydrogens is 374 g/mol. The number of halogens is 1. The third-order valence-electron chi connectivity index (χ3n) is 4.82. The Morgan fingerprint density at radius 3 is 1.79 bits per heavy atom. The molecule has 142 valence electrons. The lowest BCUT2D eigenvalue weighted by Gasteiger charge is -2.25. The first-order valence-electron chi connectivity index (χ1n) is 9.65. The van der Waals surface area contributed by atoms with Gasteiger partial charge in [0.25, 0.3) is 0 Å². The Hall–Kier alpha value is -3.29. The first kappa shape index (κ1) is 19.0. The van der Waals surface area contributed by atoms with Gasteiger partial charge >= 0.3 is 0 Å². The van der Waals surface area contributed by atoms with E-state index in [4.69, 9.17) is 11.6 Å². The molecule has 0 amide bonds. The highest BCUT2D eigenvalue weighted by molar-refractivity contribution is 6.32. The van der Waals surface area contributed by atoms with Gasteiger partial charge in [0.05, 0.1) is 0 Å². The minimum atomic E-state index is 0.759. The van der Waals surface area contributed by atoms with Crippen LogP contribution in [0.4, 0.5) is 17.1 Å². The molecule has 0 aliphatic rings. The summed E-state index contributed by atoms with van der Waals surface area (Å²) in [6, 6.07) is 35.5. The van der Waals surface area contributed by atoms with Crippen LogP contribution in [0.5, 0.6) is 0 Å². The molecule has 0 N–H and O–H groups in total. The summed E-state index contributed by atoms with van der Waals surface area (Å²) in [6.45, 7) is 2.11. The number of aryl methyl sites for hydroxylation is 1. The van der Waals surface area contributed by atoms with Crippen LogP contribution in [0.1, 0.15) is 16.7 Å². The molecule has 0 aromatic heterocycles. The van der Waals surface area contributed by atoms with Gasteiger partial charge in [-0.25, -0.2) is 0 Å². The van der Waals surface area contributed by atoms with E-state index >= 15 is 0 Å². The van der Waals surface area contributed by atoms with Crippen LogP contribution >= 0.6 is 11.6 Å². The van der Waals surface area contributed by atoms with Gasteiger partial charge < -0.3 is 4.90 Å². The van der Waals surface area contributed by atoms with Gasteiger partial charge in [-0.2, -0.15) is 0 Å². The Morgan fingerprint density at radius 1 is 0.586 bits per heavy atom. The Morgan fingerprint density at radius 2 is 1.14 bits per heavy atom. The van der Waals surface area contributed by atoms with E-state index in [1.807, 2.05) is 36.4 Å². The van der Waals surface area contributed by atoms with E-state index in [-0.39, 0.29) is 0 Å². The highest BCUT2D eigenvalue weighted by Gasteiger charge is 2.11. The number of para-hydroxylation sites is 1. The van der Waals surface area contributed by atoms with Crippen LogP contribution in [0.2, 0.25) is 5.02 Å². The van der Waals surface area contributed by atoms with E-state index in [9.17, 15) is 0 Å². The molecular formula is C27H22ClN. The molecule has 0 heterocycles. The molecule has 0 spiro atoms. The first-order valence-corrected chi connectivity index (χ1v) is 10.0. The maximum atomic E-state index is 6.25. The number of benzene rings is 4. The fourth-order valence-electron chi connectivity index (χ4n) is 3.25. The molecule has 0 aliphatic carbocycles. The summed E-state index contributed by atoms with van der Waals surface area (Å²) >= 11 is 6.25. The second-order valence-electron chi connectivity index (χ2n) is 6.95. The summed E-state index contributed by atoms with van der Waals surface area (Å²) in [6.07, 6.45) is 4.13. The molecule has 0 saturated heterocycles. The quantitative estimate of drug-likeness (QED) is 0.307. The molecule has 0 unspecified atom stereocenters. The van der Waals surface area contributed by atoms with E-state index in [1.54, 1.807) is 0 Å². The number of rotatable bonds is 5. The van der Waals surface area contributed by atoms with Gasteiger partial charge in [-0.15, -0.1) is 0 Å². The van der Waals surface area contributed by atoms with Crippen LogP contribution in [0.3, 0.4) is 0 Å². The zero-order valence-electron chi connectivity index (χ0n) is 16.3. The zero-order chi connectivity index (χ0) is 20.1. The van der Waals surface area contributed by atoms with Gasteiger partial charge in [0.1, 0.15) is 0 Å². The third kappa shape index (κ3) is 4.59. The van der Waals surface area contributed by atoms with Crippen molar-refractivity contribution in [1.29, 1.82) is 0 Å². The number of anilines is 3. The van der Waals surface area contributed by atoms with Crippen molar-refractivity contribution in [2.24, 2.45) is 0 Å². The highest BCUT2D eigenvalue weighted by atomic mass is 35.5. The van der Waals surface area contributed by atoms with Crippen molar-refractivity contribution in [3.05, 3.63) is 125 Å². The predicted molar refractivity (Wildman–Crippen MR) is 126 cm³/mol. The monoisotopic (exact) mass is 395 g/mol. The van der Waals surface area contributed by atoms with Crippen molar-refractivity contribution in [2.45, 2.75) is 6.92 Å². The SMILES string of the molecule is Cc1ccc(N(c2ccccc2)c2ccc(C=Cc3ccccc3Cl)cc2)cc1. The van der Waals surface area contributed by atoms with Gasteiger partial charge in [0.15, 0.2) is 0 Å². The van der Waals surface area contributed by atoms with Crippen molar-refractivity contribution in [2.75, 3.05) is 4.90 Å². The molecule has 4 aromatic carbocycles. The number of hydrogen-bond acceptors (Lipinski definition) is 1. The molecule has 2 heteroatoms. The normalized spacial score (nSPS) is 11.0. The fraction of sp³-hybridized carbons (Fsp3) is 0.0370. The molecule has 4 rings (SSSR count). The highest BCUT2D eigenvalue weighted by Crippen LogP contribution is 2.34. The maximum Gasteiger partial charge on any atom is 0.0478 e. The molecule has 4 aromatic rings. The summed E-state index contributed by atoms with van der Waals surface area (Å²) in [7, 11) is 0. The average molecular weight is 396 g/mol. The Kier molecular flexibility index (Phi) is 5.79. The fourth-order valence-corrected chi connectivity index (χ4v) is 3.45. The molecule has 1 nitrogen and oxygen atoms in total. The van der Waals surface area contributed by atoms with Crippen LogP contribution in [0, 0.1) is 6.92 Å². The van der Waals surface area contributed by atoms with Crippen molar-refractivity contribution < 1.29 is 0 Å². The van der Waals surface area contributed by atoms with Crippen molar-refractivity contribution in [1.82, 2.24) is 0 Å². The largest absolute Gasteiger partial charge is 0.311 e. The van der Waals surface area contributed by atoms with E-state index < -0.39 is 0 Å². The lowest BCUT2D eigenvalue weighted by molar-refractivity contribution is 1.27. The zero-order valence-corrected chi connectivity index (χ0v) is 17.1. The van der Waals surface area contributed by atoms with Crippen molar-refractivity contribution >= 4 is 40.8 Å². The molecule has 0 atom stereocenters. The van der Waals surface area contributed by atoms with Gasteiger partial charge in [-0.05, 0) is 60.5 Å². The molecule has 29 heavy (non-hydrogen) atoms. The Balaban J connectivity index is 1.65. The molecule has 0 fully saturated rings. The van der Waals surface area contributed by atoms with E-state index in [2.05, 4.69) is 90.7 Å². The van der Waals surface area contributed by atoms with E-state index in [0.717, 1.165) is 33.2 Å². The summed E-state index contributed by atoms with van der Waals surface area (Å²) in [5.41, 5.74) is 6.79. The van der Waals surface area contributed by atoms with Gasteiger partial charge in [0, 0.05) is 22.1 Å². The molecule has 0 aliphatic heterocycles. The Bertz CT molecular complexity index is 1100. The van der Waals surface area contributed by atoms with Gasteiger partial charge in [-0.3, -0.25) is 0 Å². The van der Waals surface area contributed by atoms with Crippen molar-refractivity contribution in [3.8, 4) is 0 Å². The molecule has 0 bridgehead atoms. The maximum absolute atomic E-state index is 6.25. The van der Waals surface area contributed by atoms with E-state index in [0.29, 0.717) is 0 Å². The minimum Gasteiger partial charge on any atom is -0.311 e. The summed E-state index contributed by atoms with van der Waals surface area (Å²) in [5.74, 6) is 0. The summed E-state index contributed by atoms with van der Waals surface area (Å²) in [5, 5.41) is 0.759. The topological polar surface area (TPSA) is 3.24 Å². The smallest absolute Gasteiger partial charge is 0.0478 e. The second kappa shape index (κ2) is 8.81. The lowest BCUT2D eigenvalue weighted by atomic mass is 10.1. The van der Waals surface area contributed by atoms with Crippen LogP contribution in [-0.4, -0.2) is 0 Å². The van der Waals surface area contributed by atoms with Crippen LogP contribution in [-0.2, 0) is 0 Å². The standard InChI is InChI=1S/C27H22ClN/c1-21-11-17-25(18-12-21)29(24-8-3-2-4-9-24)26-19-14-22(15-20-26)13-16-23-7-5-6-10-27(23)28/h2-20H,1H3. The summed E-state index contributed by atoms with van der Waals surface area (Å²) in [4.78, 5) is 2.26. The summed E-state index contributed by atoms with van der Waals surface area (Å²) < 4.78 is 0. The number of nitrogens with zero attached hydrogens (tertiary/aromatic N) is 1. The van der Waals surface area contributed by atoms with E-state index in [1.165, 1.54) is 5.56 Å². The molecule has 0 radical (unpaired) electrons. The van der Waals surface area contributed by atoms with Crippen LogP contribution in [0.25, 0.3) is 12.2 Å². The van der Waals surface area contributed by atoms with Gasteiger partial charge in [0.2, 0.25) is 0 Å². The Labute approximate surface area is 177 Å². The number of hydrogen-bond donors (Lipinski definition) is 0.